The first-order chi connectivity index (χ1) is 11.2. The van der Waals surface area contributed by atoms with E-state index in [0.29, 0.717) is 10.6 Å². The van der Waals surface area contributed by atoms with Crippen molar-refractivity contribution in [2.24, 2.45) is 5.73 Å². The van der Waals surface area contributed by atoms with Crippen LogP contribution in [0.3, 0.4) is 0 Å². The van der Waals surface area contributed by atoms with Crippen LogP contribution in [-0.4, -0.2) is 30.3 Å². The molecule has 1 fully saturated rings. The van der Waals surface area contributed by atoms with Crippen molar-refractivity contribution in [1.29, 1.82) is 0 Å². The first-order valence-electron chi connectivity index (χ1n) is 6.96. The third-order valence-electron chi connectivity index (χ3n) is 4.26. The highest BCUT2D eigenvalue weighted by atomic mass is 79.9. The van der Waals surface area contributed by atoms with Gasteiger partial charge in [0.25, 0.3) is 0 Å². The second-order valence-electron chi connectivity index (χ2n) is 5.69. The van der Waals surface area contributed by atoms with E-state index < -0.39 is 32.5 Å². The summed E-state index contributed by atoms with van der Waals surface area (Å²) < 4.78 is 26.6. The zero-order chi connectivity index (χ0) is 17.7. The Bertz CT molecular complexity index is 899. The number of halogens is 2. The lowest BCUT2D eigenvalue weighted by Gasteiger charge is -2.07. The van der Waals surface area contributed by atoms with Gasteiger partial charge in [0.15, 0.2) is 9.84 Å². The molecule has 3 rings (SSSR count). The van der Waals surface area contributed by atoms with Crippen molar-refractivity contribution < 1.29 is 18.3 Å². The number of carbonyl (C=O) groups is 1. The Morgan fingerprint density at radius 1 is 1.12 bits per heavy atom. The van der Waals surface area contributed by atoms with Crippen molar-refractivity contribution in [2.75, 3.05) is 0 Å². The lowest BCUT2D eigenvalue weighted by Crippen LogP contribution is -2.39. The van der Waals surface area contributed by atoms with Crippen molar-refractivity contribution >= 4 is 43.3 Å². The van der Waals surface area contributed by atoms with Crippen LogP contribution in [0.5, 0.6) is 0 Å². The van der Waals surface area contributed by atoms with Crippen molar-refractivity contribution in [3.63, 3.8) is 0 Å². The summed E-state index contributed by atoms with van der Waals surface area (Å²) in [5.41, 5.74) is 4.70. The fourth-order valence-corrected chi connectivity index (χ4v) is 5.58. The SMILES string of the molecule is N[C@@]1(C(=O)O)[C@H](S(=O)(=O)c2ccc(Cl)cc2)[C@@H]1c1ccc(Br)cc1. The van der Waals surface area contributed by atoms with E-state index in [0.717, 1.165) is 4.47 Å². The maximum atomic E-state index is 12.9. The number of hydrogen-bond donors (Lipinski definition) is 2. The molecule has 2 aromatic rings. The van der Waals surface area contributed by atoms with E-state index in [1.807, 2.05) is 0 Å². The standard InChI is InChI=1S/C16H13BrClNO4S/c17-10-3-1-9(2-4-10)13-14(16(13,19)15(20)21)24(22,23)12-7-5-11(18)6-8-12/h1-8,13-14H,19H2,(H,20,21)/t13-,14+,16+/m0/s1. The molecule has 0 saturated heterocycles. The highest BCUT2D eigenvalue weighted by Crippen LogP contribution is 2.55. The second kappa shape index (κ2) is 5.84. The van der Waals surface area contributed by atoms with Crippen LogP contribution in [0.4, 0.5) is 0 Å². The molecule has 0 unspecified atom stereocenters. The van der Waals surface area contributed by atoms with Gasteiger partial charge in [-0.1, -0.05) is 39.7 Å². The summed E-state index contributed by atoms with van der Waals surface area (Å²) >= 11 is 9.08. The molecule has 3 atom stereocenters. The normalized spacial score (nSPS) is 26.1. The first kappa shape index (κ1) is 17.4. The minimum Gasteiger partial charge on any atom is -0.480 e. The van der Waals surface area contributed by atoms with E-state index in [2.05, 4.69) is 15.9 Å². The van der Waals surface area contributed by atoms with Gasteiger partial charge in [-0.2, -0.15) is 0 Å². The Morgan fingerprint density at radius 3 is 2.17 bits per heavy atom. The Labute approximate surface area is 152 Å². The van der Waals surface area contributed by atoms with Gasteiger partial charge in [0.05, 0.1) is 4.90 Å². The number of sulfone groups is 1. The van der Waals surface area contributed by atoms with E-state index in [4.69, 9.17) is 17.3 Å². The summed E-state index contributed by atoms with van der Waals surface area (Å²) in [5.74, 6) is -2.15. The molecule has 1 aliphatic carbocycles. The molecular weight excluding hydrogens is 418 g/mol. The Balaban J connectivity index is 2.06. The van der Waals surface area contributed by atoms with Crippen LogP contribution in [-0.2, 0) is 14.6 Å². The van der Waals surface area contributed by atoms with Crippen LogP contribution in [0.2, 0.25) is 5.02 Å². The molecule has 8 heteroatoms. The number of carboxylic acids is 1. The molecule has 0 radical (unpaired) electrons. The average Bonchev–Trinajstić information content (AvgIpc) is 3.17. The quantitative estimate of drug-likeness (QED) is 0.777. The van der Waals surface area contributed by atoms with Gasteiger partial charge in [0.2, 0.25) is 0 Å². The summed E-state index contributed by atoms with van der Waals surface area (Å²) in [4.78, 5) is 11.7. The minimum absolute atomic E-state index is 0.00702. The van der Waals surface area contributed by atoms with Gasteiger partial charge in [-0.3, -0.25) is 4.79 Å². The van der Waals surface area contributed by atoms with Gasteiger partial charge in [0.1, 0.15) is 10.8 Å². The van der Waals surface area contributed by atoms with E-state index in [-0.39, 0.29) is 4.90 Å². The summed E-state index contributed by atoms with van der Waals surface area (Å²) in [6.07, 6.45) is 0. The molecule has 3 N–H and O–H groups in total. The average molecular weight is 431 g/mol. The molecule has 0 aromatic heterocycles. The molecule has 0 bridgehead atoms. The number of hydrogen-bond acceptors (Lipinski definition) is 4. The van der Waals surface area contributed by atoms with Crippen molar-refractivity contribution in [3.8, 4) is 0 Å². The lowest BCUT2D eigenvalue weighted by molar-refractivity contribution is -0.139. The van der Waals surface area contributed by atoms with Gasteiger partial charge in [0, 0.05) is 15.4 Å². The summed E-state index contributed by atoms with van der Waals surface area (Å²) in [5, 5.41) is 8.67. The molecule has 1 saturated carbocycles. The largest absolute Gasteiger partial charge is 0.480 e. The van der Waals surface area contributed by atoms with Gasteiger partial charge >= 0.3 is 5.97 Å². The minimum atomic E-state index is -3.92. The Hall–Kier alpha value is -1.41. The maximum Gasteiger partial charge on any atom is 0.325 e. The molecule has 0 spiro atoms. The van der Waals surface area contributed by atoms with E-state index >= 15 is 0 Å². The topological polar surface area (TPSA) is 97.5 Å². The number of carboxylic acid groups (broad SMARTS) is 1. The van der Waals surface area contributed by atoms with Gasteiger partial charge in [-0.05, 0) is 42.0 Å². The third-order valence-corrected chi connectivity index (χ3v) is 7.30. The van der Waals surface area contributed by atoms with Crippen LogP contribution >= 0.6 is 27.5 Å². The van der Waals surface area contributed by atoms with E-state index in [1.165, 1.54) is 24.3 Å². The van der Waals surface area contributed by atoms with E-state index in [9.17, 15) is 18.3 Å². The number of nitrogens with two attached hydrogens (primary N) is 1. The molecular formula is C16H13BrClNO4S. The fraction of sp³-hybridized carbons (Fsp3) is 0.188. The predicted molar refractivity (Wildman–Crippen MR) is 93.9 cm³/mol. The van der Waals surface area contributed by atoms with Crippen molar-refractivity contribution in [3.05, 3.63) is 63.6 Å². The monoisotopic (exact) mass is 429 g/mol. The van der Waals surface area contributed by atoms with Gasteiger partial charge in [-0.25, -0.2) is 8.42 Å². The first-order valence-corrected chi connectivity index (χ1v) is 9.68. The van der Waals surface area contributed by atoms with Crippen molar-refractivity contribution in [1.82, 2.24) is 0 Å². The maximum absolute atomic E-state index is 12.9. The molecule has 2 aromatic carbocycles. The zero-order valence-corrected chi connectivity index (χ0v) is 15.3. The summed E-state index contributed by atoms with van der Waals surface area (Å²) in [6.45, 7) is 0. The second-order valence-corrected chi connectivity index (χ2v) is 9.11. The molecule has 1 aliphatic rings. The smallest absolute Gasteiger partial charge is 0.325 e. The zero-order valence-electron chi connectivity index (χ0n) is 12.2. The molecule has 0 amide bonds. The van der Waals surface area contributed by atoms with Crippen LogP contribution in [0.15, 0.2) is 57.9 Å². The molecule has 0 aliphatic heterocycles. The van der Waals surface area contributed by atoms with Crippen LogP contribution in [0, 0.1) is 0 Å². The lowest BCUT2D eigenvalue weighted by atomic mass is 10.1. The van der Waals surface area contributed by atoms with E-state index in [1.54, 1.807) is 24.3 Å². The van der Waals surface area contributed by atoms with Gasteiger partial charge in [-0.15, -0.1) is 0 Å². The molecule has 24 heavy (non-hydrogen) atoms. The molecule has 0 heterocycles. The molecule has 126 valence electrons. The molecule has 5 nitrogen and oxygen atoms in total. The van der Waals surface area contributed by atoms with Gasteiger partial charge < -0.3 is 10.8 Å². The van der Waals surface area contributed by atoms with Crippen LogP contribution in [0.25, 0.3) is 0 Å². The fourth-order valence-electron chi connectivity index (χ4n) is 2.96. The summed E-state index contributed by atoms with van der Waals surface area (Å²) in [6, 6.07) is 12.4. The Kier molecular flexibility index (Phi) is 4.24. The predicted octanol–water partition coefficient (Wildman–Crippen LogP) is 2.82. The highest BCUT2D eigenvalue weighted by Gasteiger charge is 2.74. The number of aliphatic carboxylic acids is 1. The summed E-state index contributed by atoms with van der Waals surface area (Å²) in [7, 11) is -3.92. The van der Waals surface area contributed by atoms with Crippen molar-refractivity contribution in [2.45, 2.75) is 21.6 Å². The Morgan fingerprint density at radius 2 is 1.67 bits per heavy atom. The third kappa shape index (κ3) is 2.65. The van der Waals surface area contributed by atoms with Crippen LogP contribution in [0.1, 0.15) is 11.5 Å². The number of rotatable bonds is 4. The highest BCUT2D eigenvalue weighted by molar-refractivity contribution is 9.10. The van der Waals surface area contributed by atoms with Crippen LogP contribution < -0.4 is 5.73 Å². The number of benzene rings is 2.